The van der Waals surface area contributed by atoms with E-state index in [-0.39, 0.29) is 0 Å². The molecule has 2 N–H and O–H groups in total. The Morgan fingerprint density at radius 2 is 1.84 bits per heavy atom. The van der Waals surface area contributed by atoms with E-state index in [1.807, 2.05) is 20.8 Å². The fourth-order valence-corrected chi connectivity index (χ4v) is 4.39. The lowest BCUT2D eigenvalue weighted by molar-refractivity contribution is 0.522. The van der Waals surface area contributed by atoms with Gasteiger partial charge in [-0.2, -0.15) is 0 Å². The van der Waals surface area contributed by atoms with Gasteiger partial charge in [-0.15, -0.1) is 16.1 Å². The number of hydrogen-bond donors (Lipinski definition) is 2. The van der Waals surface area contributed by atoms with Crippen molar-refractivity contribution in [3.05, 3.63) is 58.8 Å². The highest BCUT2D eigenvalue weighted by molar-refractivity contribution is 5.98. The molecule has 1 aliphatic heterocycles. The SMILES string of the molecule is CC#Cc1c[nH]c2c(-c3cc(C)c4c(c3F)-n3c(C)nnc3C(C)(C)N4)cc(F)cc12. The van der Waals surface area contributed by atoms with Gasteiger partial charge in [0.2, 0.25) is 0 Å². The van der Waals surface area contributed by atoms with Gasteiger partial charge < -0.3 is 10.3 Å². The van der Waals surface area contributed by atoms with Crippen molar-refractivity contribution in [2.24, 2.45) is 0 Å². The molecule has 2 aromatic carbocycles. The summed E-state index contributed by atoms with van der Waals surface area (Å²) in [6.45, 7) is 9.39. The van der Waals surface area contributed by atoms with Crippen molar-refractivity contribution in [2.75, 3.05) is 5.32 Å². The third-order valence-corrected chi connectivity index (χ3v) is 5.79. The second kappa shape index (κ2) is 6.42. The Bertz CT molecular complexity index is 1450. The zero-order valence-electron chi connectivity index (χ0n) is 17.9. The van der Waals surface area contributed by atoms with Crippen LogP contribution in [0.3, 0.4) is 0 Å². The van der Waals surface area contributed by atoms with Crippen LogP contribution < -0.4 is 5.32 Å². The lowest BCUT2D eigenvalue weighted by atomic mass is 9.93. The number of anilines is 1. The molecule has 0 radical (unpaired) electrons. The van der Waals surface area contributed by atoms with Gasteiger partial charge in [-0.05, 0) is 58.4 Å². The number of hydrogen-bond acceptors (Lipinski definition) is 3. The predicted molar refractivity (Wildman–Crippen MR) is 117 cm³/mol. The van der Waals surface area contributed by atoms with E-state index in [2.05, 4.69) is 32.3 Å². The summed E-state index contributed by atoms with van der Waals surface area (Å²) in [5.41, 5.74) is 3.42. The molecule has 5 nitrogen and oxygen atoms in total. The van der Waals surface area contributed by atoms with E-state index < -0.39 is 17.2 Å². The van der Waals surface area contributed by atoms with Gasteiger partial charge in [-0.1, -0.05) is 5.92 Å². The van der Waals surface area contributed by atoms with E-state index in [0.29, 0.717) is 50.6 Å². The summed E-state index contributed by atoms with van der Waals surface area (Å²) >= 11 is 0. The van der Waals surface area contributed by atoms with Crippen molar-refractivity contribution < 1.29 is 8.78 Å². The summed E-state index contributed by atoms with van der Waals surface area (Å²) < 4.78 is 32.5. The molecule has 2 aromatic heterocycles. The van der Waals surface area contributed by atoms with E-state index >= 15 is 4.39 Å². The third kappa shape index (κ3) is 2.68. The van der Waals surface area contributed by atoms with Gasteiger partial charge in [0.1, 0.15) is 17.3 Å². The molecule has 0 aliphatic carbocycles. The van der Waals surface area contributed by atoms with E-state index in [0.717, 1.165) is 5.56 Å². The van der Waals surface area contributed by atoms with Crippen molar-refractivity contribution in [3.8, 4) is 28.7 Å². The first-order valence-electron chi connectivity index (χ1n) is 10.0. The first-order valence-corrected chi connectivity index (χ1v) is 10.0. The average Bonchev–Trinajstić information content (AvgIpc) is 3.29. The summed E-state index contributed by atoms with van der Waals surface area (Å²) in [5, 5.41) is 12.5. The van der Waals surface area contributed by atoms with Crippen LogP contribution in [-0.2, 0) is 5.54 Å². The Labute approximate surface area is 178 Å². The van der Waals surface area contributed by atoms with Gasteiger partial charge >= 0.3 is 0 Å². The van der Waals surface area contributed by atoms with Crippen LogP contribution in [0.25, 0.3) is 27.7 Å². The van der Waals surface area contributed by atoms with Gasteiger partial charge in [0.05, 0.1) is 16.7 Å². The molecule has 4 aromatic rings. The number of nitrogens with one attached hydrogen (secondary N) is 2. The zero-order chi connectivity index (χ0) is 22.1. The number of fused-ring (bicyclic) bond motifs is 4. The summed E-state index contributed by atoms with van der Waals surface area (Å²) in [4.78, 5) is 3.15. The number of H-pyrrole nitrogens is 1. The maximum atomic E-state index is 16.1. The van der Waals surface area contributed by atoms with Gasteiger partial charge in [0, 0.05) is 28.3 Å². The molecule has 0 saturated carbocycles. The largest absolute Gasteiger partial charge is 0.371 e. The molecule has 7 heteroatoms. The molecule has 3 heterocycles. The Morgan fingerprint density at radius 1 is 1.06 bits per heavy atom. The topological polar surface area (TPSA) is 58.5 Å². The number of rotatable bonds is 1. The molecule has 1 aliphatic rings. The second-order valence-electron chi connectivity index (χ2n) is 8.39. The lowest BCUT2D eigenvalue weighted by Gasteiger charge is -2.35. The third-order valence-electron chi connectivity index (χ3n) is 5.79. The molecule has 0 atom stereocenters. The highest BCUT2D eigenvalue weighted by atomic mass is 19.1. The van der Waals surface area contributed by atoms with Gasteiger partial charge in [-0.3, -0.25) is 4.57 Å². The normalized spacial score (nSPS) is 13.9. The molecular formula is C24H21F2N5. The van der Waals surface area contributed by atoms with Crippen molar-refractivity contribution in [1.82, 2.24) is 19.7 Å². The molecule has 0 bridgehead atoms. The summed E-state index contributed by atoms with van der Waals surface area (Å²) in [7, 11) is 0. The average molecular weight is 417 g/mol. The van der Waals surface area contributed by atoms with Crippen LogP contribution in [0.4, 0.5) is 14.5 Å². The van der Waals surface area contributed by atoms with E-state index in [1.165, 1.54) is 12.1 Å². The first-order chi connectivity index (χ1) is 14.7. The van der Waals surface area contributed by atoms with Crippen molar-refractivity contribution >= 4 is 16.6 Å². The maximum absolute atomic E-state index is 16.1. The number of aryl methyl sites for hydroxylation is 2. The van der Waals surface area contributed by atoms with Gasteiger partial charge in [0.15, 0.2) is 11.6 Å². The van der Waals surface area contributed by atoms with Crippen molar-refractivity contribution in [3.63, 3.8) is 0 Å². The smallest absolute Gasteiger partial charge is 0.162 e. The van der Waals surface area contributed by atoms with Crippen LogP contribution in [0.2, 0.25) is 0 Å². The van der Waals surface area contributed by atoms with Crippen molar-refractivity contribution in [1.29, 1.82) is 0 Å². The Morgan fingerprint density at radius 3 is 2.58 bits per heavy atom. The van der Waals surface area contributed by atoms with E-state index in [1.54, 1.807) is 30.7 Å². The summed E-state index contributed by atoms with van der Waals surface area (Å²) in [6, 6.07) is 4.53. The van der Waals surface area contributed by atoms with E-state index in [4.69, 9.17) is 0 Å². The molecular weight excluding hydrogens is 396 g/mol. The zero-order valence-corrected chi connectivity index (χ0v) is 17.9. The lowest BCUT2D eigenvalue weighted by Crippen LogP contribution is -2.36. The molecule has 0 spiro atoms. The van der Waals surface area contributed by atoms with Crippen LogP contribution in [0, 0.1) is 37.3 Å². The molecule has 156 valence electrons. The molecule has 31 heavy (non-hydrogen) atoms. The number of benzene rings is 2. The predicted octanol–water partition coefficient (Wildman–Crippen LogP) is 5.34. The molecule has 5 rings (SSSR count). The highest BCUT2D eigenvalue weighted by Crippen LogP contribution is 2.44. The Kier molecular flexibility index (Phi) is 4.00. The number of aromatic nitrogens is 4. The minimum Gasteiger partial charge on any atom is -0.371 e. The molecule has 0 fully saturated rings. The standard InChI is InChI=1S/C24H21F2N5/c1-6-7-14-11-27-21-16(14)9-15(25)10-18(21)17-8-12(2)20-22(19(17)26)31-13(3)29-30-23(31)24(4,5)28-20/h8-11,27-28H,1-5H3. The fourth-order valence-electron chi connectivity index (χ4n) is 4.39. The highest BCUT2D eigenvalue weighted by Gasteiger charge is 2.37. The van der Waals surface area contributed by atoms with Gasteiger partial charge in [0.25, 0.3) is 0 Å². The van der Waals surface area contributed by atoms with Crippen LogP contribution >= 0.6 is 0 Å². The van der Waals surface area contributed by atoms with Crippen LogP contribution in [-0.4, -0.2) is 19.7 Å². The second-order valence-corrected chi connectivity index (χ2v) is 8.39. The molecule has 0 amide bonds. The molecule has 0 unspecified atom stereocenters. The quantitative estimate of drug-likeness (QED) is 0.411. The monoisotopic (exact) mass is 417 g/mol. The minimum atomic E-state index is -0.522. The maximum Gasteiger partial charge on any atom is 0.162 e. The Hall–Kier alpha value is -3.66. The fraction of sp³-hybridized carbons (Fsp3) is 0.250. The van der Waals surface area contributed by atoms with Crippen LogP contribution in [0.1, 0.15) is 43.5 Å². The number of halogens is 2. The first kappa shape index (κ1) is 19.3. The van der Waals surface area contributed by atoms with Gasteiger partial charge in [-0.25, -0.2) is 8.78 Å². The summed E-state index contributed by atoms with van der Waals surface area (Å²) in [6.07, 6.45) is 1.72. The van der Waals surface area contributed by atoms with Crippen LogP contribution in [0.15, 0.2) is 24.4 Å². The summed E-state index contributed by atoms with van der Waals surface area (Å²) in [5.74, 6) is 6.10. The van der Waals surface area contributed by atoms with Crippen LogP contribution in [0.5, 0.6) is 0 Å². The number of nitrogens with zero attached hydrogens (tertiary/aromatic N) is 3. The molecule has 0 saturated heterocycles. The Balaban J connectivity index is 1.85. The van der Waals surface area contributed by atoms with E-state index in [9.17, 15) is 4.39 Å². The number of aromatic amines is 1. The minimum absolute atomic E-state index is 0.305. The van der Waals surface area contributed by atoms with Crippen molar-refractivity contribution in [2.45, 2.75) is 40.2 Å².